The standard InChI is InChI=1S/C9H11NO3S.C8H10.3C4H8.C3H8.7C2H6/c1-6-4-7(2)9(14(11,12)13)5-8(6)10-3;1-7-3-5-8(2)6-4-7;3*1-4(2)3;1-3-2;7*1-2/h4-5H,3H2,1-2H3,(H,11,12,13);3-6H,1-2H3;3*1H2,2-3H3;3H2,1-2H3;7*1-2H3. The predicted molar refractivity (Wildman–Crippen MR) is 248 cm³/mol. The van der Waals surface area contributed by atoms with Gasteiger partial charge in [-0.2, -0.15) is 8.42 Å². The molecule has 51 heavy (non-hydrogen) atoms. The summed E-state index contributed by atoms with van der Waals surface area (Å²) in [5.74, 6) is 0. The zero-order valence-electron chi connectivity index (χ0n) is 39.6. The third-order valence-corrected chi connectivity index (χ3v) is 4.16. The van der Waals surface area contributed by atoms with Gasteiger partial charge in [-0.25, -0.2) is 0 Å². The van der Waals surface area contributed by atoms with Crippen molar-refractivity contribution >= 4 is 22.5 Å². The molecular weight excluding hydrogens is 647 g/mol. The van der Waals surface area contributed by atoms with Gasteiger partial charge in [0.05, 0.1) is 10.6 Å². The summed E-state index contributed by atoms with van der Waals surface area (Å²) in [6, 6.07) is 11.4. The van der Waals surface area contributed by atoms with E-state index in [2.05, 4.69) is 83.4 Å². The lowest BCUT2D eigenvalue weighted by atomic mass is 10.1. The van der Waals surface area contributed by atoms with Crippen LogP contribution in [0.4, 0.5) is 5.69 Å². The van der Waals surface area contributed by atoms with Crippen molar-refractivity contribution in [2.45, 2.75) is 191 Å². The van der Waals surface area contributed by atoms with Gasteiger partial charge in [-0.05, 0) is 93.1 Å². The van der Waals surface area contributed by atoms with Crippen LogP contribution in [-0.4, -0.2) is 19.7 Å². The highest BCUT2D eigenvalue weighted by Crippen LogP contribution is 2.25. The molecule has 2 rings (SSSR count). The molecule has 308 valence electrons. The summed E-state index contributed by atoms with van der Waals surface area (Å²) in [6.45, 7) is 65.7. The smallest absolute Gasteiger partial charge is 0.282 e. The van der Waals surface area contributed by atoms with Crippen molar-refractivity contribution in [1.29, 1.82) is 0 Å². The molecule has 0 amide bonds. The quantitative estimate of drug-likeness (QED) is 0.189. The fourth-order valence-corrected chi connectivity index (χ4v) is 2.63. The molecule has 2 aromatic carbocycles. The van der Waals surface area contributed by atoms with Crippen molar-refractivity contribution in [3.63, 3.8) is 0 Å². The number of aryl methyl sites for hydroxylation is 4. The zero-order valence-corrected chi connectivity index (χ0v) is 40.4. The van der Waals surface area contributed by atoms with E-state index >= 15 is 0 Å². The van der Waals surface area contributed by atoms with Gasteiger partial charge in [0.1, 0.15) is 0 Å². The predicted octanol–water partition coefficient (Wildman–Crippen LogP) is 17.5. The van der Waals surface area contributed by atoms with E-state index in [4.69, 9.17) is 4.55 Å². The molecular formula is C46H95NO3S. The largest absolute Gasteiger partial charge is 0.294 e. The third-order valence-electron chi connectivity index (χ3n) is 3.16. The number of benzene rings is 2. The van der Waals surface area contributed by atoms with Crippen molar-refractivity contribution in [2.75, 3.05) is 0 Å². The van der Waals surface area contributed by atoms with Crippen LogP contribution < -0.4 is 0 Å². The van der Waals surface area contributed by atoms with Gasteiger partial charge in [-0.3, -0.25) is 9.55 Å². The molecule has 0 atom stereocenters. The van der Waals surface area contributed by atoms with E-state index in [0.29, 0.717) is 11.3 Å². The maximum Gasteiger partial charge on any atom is 0.294 e. The molecule has 0 radical (unpaired) electrons. The second-order valence-corrected chi connectivity index (χ2v) is 10.9. The van der Waals surface area contributed by atoms with Crippen LogP contribution in [0.15, 0.2) is 82.7 Å². The van der Waals surface area contributed by atoms with Crippen LogP contribution in [0.5, 0.6) is 0 Å². The Morgan fingerprint density at radius 3 is 0.902 bits per heavy atom. The maximum absolute atomic E-state index is 10.9. The lowest BCUT2D eigenvalue weighted by Gasteiger charge is -2.06. The Hall–Kier alpha value is -2.76. The average molecular weight is 742 g/mol. The van der Waals surface area contributed by atoms with E-state index in [0.717, 1.165) is 5.56 Å². The van der Waals surface area contributed by atoms with Gasteiger partial charge in [0.2, 0.25) is 0 Å². The zero-order chi connectivity index (χ0) is 44.4. The van der Waals surface area contributed by atoms with Crippen LogP contribution in [0.1, 0.15) is 181 Å². The number of nitrogens with zero attached hydrogens (tertiary/aromatic N) is 1. The monoisotopic (exact) mass is 742 g/mol. The van der Waals surface area contributed by atoms with E-state index < -0.39 is 10.1 Å². The Kier molecular flexibility index (Phi) is 105. The molecule has 0 heterocycles. The Morgan fingerprint density at radius 2 is 0.745 bits per heavy atom. The van der Waals surface area contributed by atoms with Crippen LogP contribution >= 0.6 is 0 Å². The fraction of sp³-hybridized carbons (Fsp3) is 0.587. The summed E-state index contributed by atoms with van der Waals surface area (Å²) in [5.41, 5.74) is 7.94. The van der Waals surface area contributed by atoms with Gasteiger partial charge in [0.15, 0.2) is 0 Å². The highest BCUT2D eigenvalue weighted by Gasteiger charge is 2.14. The molecule has 0 aromatic heterocycles. The van der Waals surface area contributed by atoms with Crippen LogP contribution in [0.25, 0.3) is 0 Å². The van der Waals surface area contributed by atoms with Gasteiger partial charge in [0.25, 0.3) is 10.1 Å². The van der Waals surface area contributed by atoms with E-state index in [-0.39, 0.29) is 4.90 Å². The Bertz CT molecular complexity index is 989. The summed E-state index contributed by atoms with van der Waals surface area (Å²) in [7, 11) is -4.17. The normalized spacial score (nSPS) is 7.27. The Balaban J connectivity index is -0.0000000418. The van der Waals surface area contributed by atoms with Crippen LogP contribution in [-0.2, 0) is 10.1 Å². The SMILES string of the molecule is C=C(C)C.C=C(C)C.C=C(C)C.C=Nc1cc(S(=O)(=O)O)c(C)cc1C.CC.CC.CC.CC.CC.CC.CC.CCC.Cc1ccc(C)cc1. The second-order valence-electron chi connectivity index (χ2n) is 9.52. The summed E-state index contributed by atoms with van der Waals surface area (Å²) < 4.78 is 30.7. The molecule has 0 saturated carbocycles. The van der Waals surface area contributed by atoms with Crippen molar-refractivity contribution in [2.24, 2.45) is 4.99 Å². The molecule has 0 spiro atoms. The number of rotatable bonds is 2. The maximum atomic E-state index is 10.9. The molecule has 0 aliphatic carbocycles. The number of allylic oxidation sites excluding steroid dienone is 3. The molecule has 5 heteroatoms. The van der Waals surface area contributed by atoms with Gasteiger partial charge in [-0.1, -0.05) is 175 Å². The summed E-state index contributed by atoms with van der Waals surface area (Å²) in [4.78, 5) is 3.54. The van der Waals surface area contributed by atoms with E-state index in [1.807, 2.05) is 138 Å². The van der Waals surface area contributed by atoms with E-state index in [1.165, 1.54) is 40.3 Å². The topological polar surface area (TPSA) is 66.7 Å². The highest BCUT2D eigenvalue weighted by atomic mass is 32.2. The van der Waals surface area contributed by atoms with Crippen LogP contribution in [0.3, 0.4) is 0 Å². The van der Waals surface area contributed by atoms with E-state index in [1.54, 1.807) is 19.9 Å². The highest BCUT2D eigenvalue weighted by molar-refractivity contribution is 7.85. The molecule has 0 fully saturated rings. The van der Waals surface area contributed by atoms with Crippen LogP contribution in [0, 0.1) is 27.7 Å². The molecule has 0 unspecified atom stereocenters. The molecule has 2 aromatic rings. The summed E-state index contributed by atoms with van der Waals surface area (Å²) in [5, 5.41) is 0. The first-order valence-corrected chi connectivity index (χ1v) is 20.7. The minimum atomic E-state index is -4.17. The molecule has 0 aliphatic heterocycles. The van der Waals surface area contributed by atoms with Crippen molar-refractivity contribution in [1.82, 2.24) is 0 Å². The second kappa shape index (κ2) is 69.1. The Labute approximate surface area is 325 Å². The van der Waals surface area contributed by atoms with Gasteiger partial charge in [-0.15, -0.1) is 19.7 Å². The summed E-state index contributed by atoms with van der Waals surface area (Å²) in [6.07, 6.45) is 1.25. The molecule has 1 N–H and O–H groups in total. The number of hydrogen-bond donors (Lipinski definition) is 1. The molecule has 0 saturated heterocycles. The Morgan fingerprint density at radius 1 is 0.549 bits per heavy atom. The van der Waals surface area contributed by atoms with Gasteiger partial charge >= 0.3 is 0 Å². The van der Waals surface area contributed by atoms with Crippen molar-refractivity contribution in [3.05, 3.63) is 95.1 Å². The summed E-state index contributed by atoms with van der Waals surface area (Å²) >= 11 is 0. The van der Waals surface area contributed by atoms with Crippen LogP contribution in [0.2, 0.25) is 0 Å². The number of aliphatic imine (C=N–C) groups is 1. The van der Waals surface area contributed by atoms with Gasteiger partial charge < -0.3 is 0 Å². The first kappa shape index (κ1) is 77.6. The third kappa shape index (κ3) is 99.1. The lowest BCUT2D eigenvalue weighted by molar-refractivity contribution is 0.482. The molecule has 0 bridgehead atoms. The van der Waals surface area contributed by atoms with Gasteiger partial charge in [0, 0.05) is 0 Å². The molecule has 4 nitrogen and oxygen atoms in total. The van der Waals surface area contributed by atoms with E-state index in [9.17, 15) is 8.42 Å². The van der Waals surface area contributed by atoms with Crippen molar-refractivity contribution < 1.29 is 13.0 Å². The first-order valence-electron chi connectivity index (χ1n) is 19.2. The fourth-order valence-electron chi connectivity index (χ4n) is 1.91. The number of hydrogen-bond acceptors (Lipinski definition) is 3. The lowest BCUT2D eigenvalue weighted by Crippen LogP contribution is -2.01. The van der Waals surface area contributed by atoms with Crippen molar-refractivity contribution in [3.8, 4) is 0 Å². The molecule has 0 aliphatic rings. The average Bonchev–Trinajstić information content (AvgIpc) is 3.08. The minimum Gasteiger partial charge on any atom is -0.282 e. The minimum absolute atomic E-state index is 0.120. The first-order chi connectivity index (χ1) is 23.8.